The van der Waals surface area contributed by atoms with Crippen molar-refractivity contribution in [2.75, 3.05) is 0 Å². The van der Waals surface area contributed by atoms with E-state index in [0.717, 1.165) is 5.56 Å². The first-order valence-corrected chi connectivity index (χ1v) is 6.62. The first-order valence-electron chi connectivity index (χ1n) is 6.62. The third-order valence-corrected chi connectivity index (χ3v) is 3.37. The lowest BCUT2D eigenvalue weighted by molar-refractivity contribution is -0.127. The minimum atomic E-state index is -0.919. The Kier molecular flexibility index (Phi) is 3.81. The Labute approximate surface area is 118 Å². The average Bonchev–Trinajstić information content (AvgIpc) is 2.60. The number of benzene rings is 1. The summed E-state index contributed by atoms with van der Waals surface area (Å²) >= 11 is 0. The molecule has 1 aliphatic rings. The summed E-state index contributed by atoms with van der Waals surface area (Å²) in [6.07, 6.45) is 0.407. The number of carbonyl (C=O) groups is 2. The van der Waals surface area contributed by atoms with Crippen molar-refractivity contribution in [2.45, 2.75) is 44.9 Å². The fourth-order valence-electron chi connectivity index (χ4n) is 2.46. The van der Waals surface area contributed by atoms with Gasteiger partial charge in [0, 0.05) is 6.42 Å². The molecule has 5 nitrogen and oxygen atoms in total. The van der Waals surface area contributed by atoms with E-state index in [9.17, 15) is 9.59 Å². The van der Waals surface area contributed by atoms with E-state index in [1.54, 1.807) is 6.92 Å². The van der Waals surface area contributed by atoms with Crippen LogP contribution in [0.25, 0.3) is 0 Å². The van der Waals surface area contributed by atoms with Gasteiger partial charge in [0.2, 0.25) is 0 Å². The van der Waals surface area contributed by atoms with Gasteiger partial charge in [0.05, 0.1) is 12.2 Å². The van der Waals surface area contributed by atoms with Crippen LogP contribution in [0.3, 0.4) is 0 Å². The largest absolute Gasteiger partial charge is 0.371 e. The first-order chi connectivity index (χ1) is 9.31. The molecule has 2 rings (SSSR count). The third kappa shape index (κ3) is 3.36. The van der Waals surface area contributed by atoms with E-state index >= 15 is 0 Å². The SMILES string of the molecule is CC(C)(C[C@]1(C)NC(=O)NC1=O)OCc1ccccc1. The van der Waals surface area contributed by atoms with E-state index in [-0.39, 0.29) is 5.91 Å². The number of amides is 3. The van der Waals surface area contributed by atoms with E-state index in [1.807, 2.05) is 44.2 Å². The number of ether oxygens (including phenoxy) is 1. The minimum Gasteiger partial charge on any atom is -0.371 e. The predicted octanol–water partition coefficient (Wildman–Crippen LogP) is 1.97. The molecule has 1 heterocycles. The molecule has 1 atom stereocenters. The van der Waals surface area contributed by atoms with E-state index < -0.39 is 17.2 Å². The Morgan fingerprint density at radius 3 is 2.40 bits per heavy atom. The lowest BCUT2D eigenvalue weighted by Gasteiger charge is -2.32. The number of imide groups is 1. The monoisotopic (exact) mass is 276 g/mol. The van der Waals surface area contributed by atoms with Gasteiger partial charge >= 0.3 is 6.03 Å². The van der Waals surface area contributed by atoms with Crippen LogP contribution in [-0.2, 0) is 16.1 Å². The van der Waals surface area contributed by atoms with Crippen molar-refractivity contribution in [2.24, 2.45) is 0 Å². The van der Waals surface area contributed by atoms with Gasteiger partial charge in [0.1, 0.15) is 5.54 Å². The van der Waals surface area contributed by atoms with Crippen LogP contribution in [0.1, 0.15) is 32.8 Å². The molecule has 1 saturated heterocycles. The highest BCUT2D eigenvalue weighted by atomic mass is 16.5. The molecule has 1 aliphatic heterocycles. The van der Waals surface area contributed by atoms with Crippen molar-refractivity contribution in [3.8, 4) is 0 Å². The van der Waals surface area contributed by atoms with Gasteiger partial charge in [-0.2, -0.15) is 0 Å². The summed E-state index contributed by atoms with van der Waals surface area (Å²) in [6.45, 7) is 6.01. The van der Waals surface area contributed by atoms with Crippen molar-refractivity contribution < 1.29 is 14.3 Å². The molecule has 0 saturated carbocycles. The van der Waals surface area contributed by atoms with Gasteiger partial charge in [-0.05, 0) is 26.3 Å². The quantitative estimate of drug-likeness (QED) is 0.808. The van der Waals surface area contributed by atoms with Crippen LogP contribution in [-0.4, -0.2) is 23.1 Å². The average molecular weight is 276 g/mol. The molecule has 1 aromatic rings. The maximum atomic E-state index is 11.8. The molecule has 0 radical (unpaired) electrons. The van der Waals surface area contributed by atoms with Crippen molar-refractivity contribution in [3.05, 3.63) is 35.9 Å². The second kappa shape index (κ2) is 5.25. The summed E-state index contributed by atoms with van der Waals surface area (Å²) in [7, 11) is 0. The van der Waals surface area contributed by atoms with Crippen LogP contribution >= 0.6 is 0 Å². The Balaban J connectivity index is 1.97. The highest BCUT2D eigenvalue weighted by Crippen LogP contribution is 2.27. The minimum absolute atomic E-state index is 0.307. The number of hydrogen-bond acceptors (Lipinski definition) is 3. The van der Waals surface area contributed by atoms with E-state index in [0.29, 0.717) is 13.0 Å². The number of carbonyl (C=O) groups excluding carboxylic acids is 2. The van der Waals surface area contributed by atoms with Crippen molar-refractivity contribution in [1.29, 1.82) is 0 Å². The Morgan fingerprint density at radius 1 is 1.20 bits per heavy atom. The summed E-state index contributed by atoms with van der Waals surface area (Å²) in [5, 5.41) is 4.91. The molecule has 0 unspecified atom stereocenters. The summed E-state index contributed by atoms with van der Waals surface area (Å²) in [5.74, 6) is -0.307. The highest BCUT2D eigenvalue weighted by Gasteiger charge is 2.45. The second-order valence-electron chi connectivity index (χ2n) is 5.95. The first kappa shape index (κ1) is 14.5. The molecular weight excluding hydrogens is 256 g/mol. The van der Waals surface area contributed by atoms with Crippen molar-refractivity contribution >= 4 is 11.9 Å². The Hall–Kier alpha value is -1.88. The Bertz CT molecular complexity index is 513. The lowest BCUT2D eigenvalue weighted by Crippen LogP contribution is -2.49. The van der Waals surface area contributed by atoms with Gasteiger partial charge in [-0.25, -0.2) is 4.79 Å². The van der Waals surface area contributed by atoms with Gasteiger partial charge in [0.15, 0.2) is 0 Å². The summed E-state index contributed by atoms with van der Waals surface area (Å²) < 4.78 is 5.89. The summed E-state index contributed by atoms with van der Waals surface area (Å²) in [4.78, 5) is 23.1. The zero-order chi connectivity index (χ0) is 14.8. The van der Waals surface area contributed by atoms with Crippen LogP contribution in [0.4, 0.5) is 4.79 Å². The van der Waals surface area contributed by atoms with E-state index in [2.05, 4.69) is 10.6 Å². The summed E-state index contributed by atoms with van der Waals surface area (Å²) in [6, 6.07) is 9.39. The van der Waals surface area contributed by atoms with Crippen LogP contribution in [0.2, 0.25) is 0 Å². The molecule has 1 fully saturated rings. The van der Waals surface area contributed by atoms with E-state index in [1.165, 1.54) is 0 Å². The topological polar surface area (TPSA) is 67.4 Å². The van der Waals surface area contributed by atoms with Gasteiger partial charge in [-0.1, -0.05) is 30.3 Å². The van der Waals surface area contributed by atoms with Gasteiger partial charge < -0.3 is 10.1 Å². The van der Waals surface area contributed by atoms with Crippen LogP contribution in [0.15, 0.2) is 30.3 Å². The Morgan fingerprint density at radius 2 is 1.85 bits per heavy atom. The molecule has 20 heavy (non-hydrogen) atoms. The van der Waals surface area contributed by atoms with Gasteiger partial charge in [0.25, 0.3) is 5.91 Å². The summed E-state index contributed by atoms with van der Waals surface area (Å²) in [5.41, 5.74) is -0.373. The molecule has 2 N–H and O–H groups in total. The fraction of sp³-hybridized carbons (Fsp3) is 0.467. The number of hydrogen-bond donors (Lipinski definition) is 2. The van der Waals surface area contributed by atoms with Crippen LogP contribution in [0.5, 0.6) is 0 Å². The van der Waals surface area contributed by atoms with Crippen molar-refractivity contribution in [1.82, 2.24) is 10.6 Å². The zero-order valence-corrected chi connectivity index (χ0v) is 12.0. The van der Waals surface area contributed by atoms with Crippen LogP contribution in [0, 0.1) is 0 Å². The zero-order valence-electron chi connectivity index (χ0n) is 12.0. The second-order valence-corrected chi connectivity index (χ2v) is 5.95. The molecule has 3 amide bonds. The molecule has 1 aromatic carbocycles. The fourth-order valence-corrected chi connectivity index (χ4v) is 2.46. The number of nitrogens with one attached hydrogen (secondary N) is 2. The van der Waals surface area contributed by atoms with E-state index in [4.69, 9.17) is 4.74 Å². The number of rotatable bonds is 5. The molecule has 5 heteroatoms. The standard InChI is InChI=1S/C15H20N2O3/c1-14(2,20-9-11-7-5-4-6-8-11)10-15(3)12(18)16-13(19)17-15/h4-8H,9-10H2,1-3H3,(H2,16,17,18,19)/t15-/m0/s1. The molecule has 0 aromatic heterocycles. The molecule has 108 valence electrons. The van der Waals surface area contributed by atoms with Crippen molar-refractivity contribution in [3.63, 3.8) is 0 Å². The number of urea groups is 1. The lowest BCUT2D eigenvalue weighted by atomic mass is 9.88. The predicted molar refractivity (Wildman–Crippen MR) is 75.0 cm³/mol. The maximum Gasteiger partial charge on any atom is 0.322 e. The molecule has 0 aliphatic carbocycles. The smallest absolute Gasteiger partial charge is 0.322 e. The normalized spacial score (nSPS) is 22.6. The molecular formula is C15H20N2O3. The van der Waals surface area contributed by atoms with Gasteiger partial charge in [-0.3, -0.25) is 10.1 Å². The molecule has 0 spiro atoms. The molecule has 0 bridgehead atoms. The third-order valence-electron chi connectivity index (χ3n) is 3.37. The maximum absolute atomic E-state index is 11.8. The van der Waals surface area contributed by atoms with Gasteiger partial charge in [-0.15, -0.1) is 0 Å². The highest BCUT2D eigenvalue weighted by molar-refractivity contribution is 6.06. The van der Waals surface area contributed by atoms with Crippen LogP contribution < -0.4 is 10.6 Å².